The number of tetrazole rings is 1. The zero-order chi connectivity index (χ0) is 21.5. The molecule has 0 aliphatic carbocycles. The van der Waals surface area contributed by atoms with Crippen LogP contribution in [0.25, 0.3) is 5.69 Å². The molecule has 0 bridgehead atoms. The summed E-state index contributed by atoms with van der Waals surface area (Å²) < 4.78 is 6.16. The third-order valence-electron chi connectivity index (χ3n) is 3.77. The van der Waals surface area contributed by atoms with Crippen LogP contribution in [0.1, 0.15) is 17.3 Å². The number of benzene rings is 2. The van der Waals surface area contributed by atoms with Gasteiger partial charge in [-0.3, -0.25) is 9.59 Å². The van der Waals surface area contributed by atoms with Crippen molar-refractivity contribution in [2.24, 2.45) is 0 Å². The predicted octanol–water partition coefficient (Wildman–Crippen LogP) is 2.14. The molecule has 3 aromatic rings. The third kappa shape index (κ3) is 5.41. The topological polar surface area (TPSA) is 128 Å². The number of thioether (sulfide) groups is 1. The highest BCUT2D eigenvalue weighted by Crippen LogP contribution is 2.20. The van der Waals surface area contributed by atoms with E-state index in [-0.39, 0.29) is 17.6 Å². The van der Waals surface area contributed by atoms with E-state index in [1.54, 1.807) is 48.5 Å². The summed E-state index contributed by atoms with van der Waals surface area (Å²) in [5.74, 6) is -0.809. The molecule has 0 saturated heterocycles. The van der Waals surface area contributed by atoms with Gasteiger partial charge in [-0.25, -0.2) is 4.79 Å². The molecule has 0 unspecified atom stereocenters. The normalized spacial score (nSPS) is 10.3. The minimum atomic E-state index is -0.469. The Kier molecular flexibility index (Phi) is 6.75. The van der Waals surface area contributed by atoms with Crippen LogP contribution in [-0.2, 0) is 14.3 Å². The summed E-state index contributed by atoms with van der Waals surface area (Å²) in [4.78, 5) is 35.0. The number of anilines is 2. The summed E-state index contributed by atoms with van der Waals surface area (Å²) in [7, 11) is 1.30. The van der Waals surface area contributed by atoms with Gasteiger partial charge in [-0.15, -0.1) is 5.10 Å². The van der Waals surface area contributed by atoms with Crippen molar-refractivity contribution >= 4 is 40.9 Å². The Labute approximate surface area is 176 Å². The molecule has 11 heteroatoms. The first-order chi connectivity index (χ1) is 14.5. The number of amides is 2. The van der Waals surface area contributed by atoms with Gasteiger partial charge in [-0.1, -0.05) is 17.8 Å². The minimum absolute atomic E-state index is 0.0739. The van der Waals surface area contributed by atoms with Crippen molar-refractivity contribution in [2.45, 2.75) is 12.1 Å². The fraction of sp³-hybridized carbons (Fsp3) is 0.158. The summed E-state index contributed by atoms with van der Waals surface area (Å²) >= 11 is 1.15. The van der Waals surface area contributed by atoms with Crippen LogP contribution >= 0.6 is 11.8 Å². The number of ether oxygens (including phenoxy) is 1. The Morgan fingerprint density at radius 1 is 1.07 bits per heavy atom. The predicted molar refractivity (Wildman–Crippen MR) is 111 cm³/mol. The molecule has 0 fully saturated rings. The Balaban J connectivity index is 1.62. The number of hydrogen-bond donors (Lipinski definition) is 2. The van der Waals surface area contributed by atoms with Gasteiger partial charge in [0.15, 0.2) is 0 Å². The first-order valence-corrected chi connectivity index (χ1v) is 9.72. The molecule has 2 aromatic carbocycles. The molecular formula is C19H18N6O4S. The third-order valence-corrected chi connectivity index (χ3v) is 4.69. The average molecular weight is 426 g/mol. The minimum Gasteiger partial charge on any atom is -0.465 e. The molecule has 2 N–H and O–H groups in total. The fourth-order valence-electron chi connectivity index (χ4n) is 2.48. The number of rotatable bonds is 7. The van der Waals surface area contributed by atoms with Crippen molar-refractivity contribution in [3.8, 4) is 5.69 Å². The van der Waals surface area contributed by atoms with Crippen LogP contribution in [0, 0.1) is 0 Å². The van der Waals surface area contributed by atoms with Crippen LogP contribution in [0.4, 0.5) is 11.4 Å². The second kappa shape index (κ2) is 9.65. The molecule has 0 radical (unpaired) electrons. The van der Waals surface area contributed by atoms with E-state index >= 15 is 0 Å². The first kappa shape index (κ1) is 21.0. The molecule has 0 aliphatic heterocycles. The van der Waals surface area contributed by atoms with E-state index in [2.05, 4.69) is 26.2 Å². The summed E-state index contributed by atoms with van der Waals surface area (Å²) in [6, 6.07) is 13.4. The van der Waals surface area contributed by atoms with Crippen molar-refractivity contribution in [1.82, 2.24) is 20.2 Å². The molecule has 154 valence electrons. The van der Waals surface area contributed by atoms with E-state index in [9.17, 15) is 14.4 Å². The van der Waals surface area contributed by atoms with Crippen molar-refractivity contribution in [3.05, 3.63) is 54.1 Å². The van der Waals surface area contributed by atoms with Gasteiger partial charge in [0.05, 0.1) is 24.1 Å². The summed E-state index contributed by atoms with van der Waals surface area (Å²) in [5.41, 5.74) is 2.17. The van der Waals surface area contributed by atoms with Crippen LogP contribution in [0.2, 0.25) is 0 Å². The molecule has 3 rings (SSSR count). The van der Waals surface area contributed by atoms with E-state index in [0.717, 1.165) is 11.8 Å². The molecule has 0 saturated carbocycles. The lowest BCUT2D eigenvalue weighted by atomic mass is 10.2. The van der Waals surface area contributed by atoms with Crippen molar-refractivity contribution in [1.29, 1.82) is 0 Å². The standard InChI is InChI=1S/C19H18N6O4S/c1-12(26)20-14-6-8-15(9-7-14)21-17(27)11-30-19-22-23-24-25(19)16-5-3-4-13(10-16)18(28)29-2/h3-10H,11H2,1-2H3,(H,20,26)(H,21,27). The molecule has 0 atom stereocenters. The molecule has 30 heavy (non-hydrogen) atoms. The van der Waals surface area contributed by atoms with Gasteiger partial charge in [0.25, 0.3) is 0 Å². The molecule has 0 spiro atoms. The van der Waals surface area contributed by atoms with E-state index < -0.39 is 5.97 Å². The first-order valence-electron chi connectivity index (χ1n) is 8.73. The summed E-state index contributed by atoms with van der Waals surface area (Å²) in [6.45, 7) is 1.42. The van der Waals surface area contributed by atoms with E-state index in [1.807, 2.05) is 0 Å². The Morgan fingerprint density at radius 3 is 2.43 bits per heavy atom. The maximum absolute atomic E-state index is 12.3. The van der Waals surface area contributed by atoms with Crippen LogP contribution in [0.3, 0.4) is 0 Å². The highest BCUT2D eigenvalue weighted by Gasteiger charge is 2.14. The fourth-order valence-corrected chi connectivity index (χ4v) is 3.17. The maximum Gasteiger partial charge on any atom is 0.337 e. The number of nitrogens with zero attached hydrogens (tertiary/aromatic N) is 4. The highest BCUT2D eigenvalue weighted by molar-refractivity contribution is 7.99. The number of carbonyl (C=O) groups excluding carboxylic acids is 3. The Bertz CT molecular complexity index is 1070. The lowest BCUT2D eigenvalue weighted by molar-refractivity contribution is -0.114. The second-order valence-electron chi connectivity index (χ2n) is 6.01. The van der Waals surface area contributed by atoms with Crippen molar-refractivity contribution < 1.29 is 19.1 Å². The molecule has 1 heterocycles. The molecule has 10 nitrogen and oxygen atoms in total. The largest absolute Gasteiger partial charge is 0.465 e. The van der Waals surface area contributed by atoms with Crippen LogP contribution < -0.4 is 10.6 Å². The summed E-state index contributed by atoms with van der Waals surface area (Å²) in [5, 5.41) is 17.3. The Hall–Kier alpha value is -3.73. The lowest BCUT2D eigenvalue weighted by Crippen LogP contribution is -2.15. The van der Waals surface area contributed by atoms with Gasteiger partial charge in [0, 0.05) is 18.3 Å². The maximum atomic E-state index is 12.3. The molecule has 0 aliphatic rings. The van der Waals surface area contributed by atoms with Gasteiger partial charge >= 0.3 is 5.97 Å². The van der Waals surface area contributed by atoms with Crippen LogP contribution in [-0.4, -0.2) is 50.9 Å². The second-order valence-corrected chi connectivity index (χ2v) is 6.95. The van der Waals surface area contributed by atoms with Gasteiger partial charge in [0.2, 0.25) is 17.0 Å². The number of esters is 1. The van der Waals surface area contributed by atoms with E-state index in [0.29, 0.717) is 27.8 Å². The number of carbonyl (C=O) groups is 3. The van der Waals surface area contributed by atoms with Gasteiger partial charge < -0.3 is 15.4 Å². The zero-order valence-corrected chi connectivity index (χ0v) is 17.0. The molecule has 2 amide bonds. The lowest BCUT2D eigenvalue weighted by Gasteiger charge is -2.08. The monoisotopic (exact) mass is 426 g/mol. The number of hydrogen-bond acceptors (Lipinski definition) is 8. The van der Waals surface area contributed by atoms with E-state index in [1.165, 1.54) is 18.7 Å². The van der Waals surface area contributed by atoms with Crippen molar-refractivity contribution in [2.75, 3.05) is 23.5 Å². The average Bonchev–Trinajstić information content (AvgIpc) is 3.21. The van der Waals surface area contributed by atoms with Crippen molar-refractivity contribution in [3.63, 3.8) is 0 Å². The number of nitrogens with one attached hydrogen (secondary N) is 2. The summed E-state index contributed by atoms with van der Waals surface area (Å²) in [6.07, 6.45) is 0. The van der Waals surface area contributed by atoms with Gasteiger partial charge in [-0.05, 0) is 52.9 Å². The zero-order valence-electron chi connectivity index (χ0n) is 16.2. The van der Waals surface area contributed by atoms with Gasteiger partial charge in [-0.2, -0.15) is 4.68 Å². The molecular weight excluding hydrogens is 408 g/mol. The van der Waals surface area contributed by atoms with Crippen LogP contribution in [0.5, 0.6) is 0 Å². The van der Waals surface area contributed by atoms with Gasteiger partial charge in [0.1, 0.15) is 0 Å². The highest BCUT2D eigenvalue weighted by atomic mass is 32.2. The SMILES string of the molecule is COC(=O)c1cccc(-n2nnnc2SCC(=O)Nc2ccc(NC(C)=O)cc2)c1. The number of methoxy groups -OCH3 is 1. The number of aromatic nitrogens is 4. The molecule has 1 aromatic heterocycles. The smallest absolute Gasteiger partial charge is 0.337 e. The quantitative estimate of drug-likeness (QED) is 0.434. The van der Waals surface area contributed by atoms with E-state index in [4.69, 9.17) is 4.74 Å². The Morgan fingerprint density at radius 2 is 1.77 bits per heavy atom. The van der Waals surface area contributed by atoms with Crippen LogP contribution in [0.15, 0.2) is 53.7 Å².